The van der Waals surface area contributed by atoms with Gasteiger partial charge in [0.1, 0.15) is 0 Å². The summed E-state index contributed by atoms with van der Waals surface area (Å²) in [5.74, 6) is 7.87. The second-order valence-electron chi connectivity index (χ2n) is 4.36. The smallest absolute Gasteiger partial charge is 0.0576 e. The average Bonchev–Trinajstić information content (AvgIpc) is 2.25. The van der Waals surface area contributed by atoms with Crippen LogP contribution in [0, 0.1) is 23.7 Å². The van der Waals surface area contributed by atoms with E-state index in [2.05, 4.69) is 24.1 Å². The first-order valence-corrected chi connectivity index (χ1v) is 5.97. The van der Waals surface area contributed by atoms with Crippen molar-refractivity contribution in [2.24, 2.45) is 11.8 Å². The summed E-state index contributed by atoms with van der Waals surface area (Å²) in [5, 5.41) is 3.43. The summed E-state index contributed by atoms with van der Waals surface area (Å²) in [6.07, 6.45) is 7.11. The second kappa shape index (κ2) is 6.90. The highest BCUT2D eigenvalue weighted by molar-refractivity contribution is 4.97. The lowest BCUT2D eigenvalue weighted by atomic mass is 9.80. The van der Waals surface area contributed by atoms with Crippen LogP contribution in [0.1, 0.15) is 46.0 Å². The standard InChI is InChI=1S/C13H23N/c1-3-5-9-14-11-13-8-6-7-12(4-2)10-13/h12-14H,4,6-11H2,1-2H3. The minimum Gasteiger partial charge on any atom is -0.306 e. The molecule has 1 fully saturated rings. The zero-order valence-corrected chi connectivity index (χ0v) is 9.60. The van der Waals surface area contributed by atoms with E-state index >= 15 is 0 Å². The molecule has 1 aliphatic carbocycles. The van der Waals surface area contributed by atoms with Gasteiger partial charge in [0.25, 0.3) is 0 Å². The van der Waals surface area contributed by atoms with Crippen LogP contribution in [0.2, 0.25) is 0 Å². The molecule has 1 heteroatoms. The third-order valence-corrected chi connectivity index (χ3v) is 3.29. The summed E-state index contributed by atoms with van der Waals surface area (Å²) < 4.78 is 0. The highest BCUT2D eigenvalue weighted by atomic mass is 14.8. The number of nitrogens with one attached hydrogen (secondary N) is 1. The Balaban J connectivity index is 2.13. The van der Waals surface area contributed by atoms with Crippen LogP contribution in [0.15, 0.2) is 0 Å². The maximum atomic E-state index is 3.43. The molecule has 80 valence electrons. The molecular weight excluding hydrogens is 170 g/mol. The number of rotatable bonds is 4. The maximum absolute atomic E-state index is 3.43. The van der Waals surface area contributed by atoms with Crippen molar-refractivity contribution in [3.05, 3.63) is 0 Å². The molecule has 1 N–H and O–H groups in total. The maximum Gasteiger partial charge on any atom is 0.0576 e. The molecule has 0 spiro atoms. The molecule has 0 aliphatic heterocycles. The van der Waals surface area contributed by atoms with E-state index in [9.17, 15) is 0 Å². The molecule has 1 saturated carbocycles. The highest BCUT2D eigenvalue weighted by Crippen LogP contribution is 2.30. The molecule has 1 nitrogen and oxygen atoms in total. The zero-order valence-electron chi connectivity index (χ0n) is 9.60. The summed E-state index contributed by atoms with van der Waals surface area (Å²) in [6, 6.07) is 0. The van der Waals surface area contributed by atoms with Gasteiger partial charge in [-0.1, -0.05) is 32.1 Å². The molecule has 0 saturated heterocycles. The molecule has 2 unspecified atom stereocenters. The predicted octanol–water partition coefficient (Wildman–Crippen LogP) is 2.82. The van der Waals surface area contributed by atoms with Gasteiger partial charge in [0.05, 0.1) is 6.54 Å². The first kappa shape index (κ1) is 11.6. The van der Waals surface area contributed by atoms with Crippen LogP contribution in [-0.2, 0) is 0 Å². The minimum absolute atomic E-state index is 0.865. The first-order chi connectivity index (χ1) is 6.86. The van der Waals surface area contributed by atoms with Gasteiger partial charge in [-0.25, -0.2) is 0 Å². The van der Waals surface area contributed by atoms with Crippen molar-refractivity contribution >= 4 is 0 Å². The summed E-state index contributed by atoms with van der Waals surface area (Å²) in [7, 11) is 0. The van der Waals surface area contributed by atoms with Gasteiger partial charge >= 0.3 is 0 Å². The van der Waals surface area contributed by atoms with Crippen LogP contribution in [0.5, 0.6) is 0 Å². The lowest BCUT2D eigenvalue weighted by Gasteiger charge is -2.28. The van der Waals surface area contributed by atoms with Gasteiger partial charge in [0, 0.05) is 0 Å². The Labute approximate surface area is 88.7 Å². The van der Waals surface area contributed by atoms with Gasteiger partial charge in [0.15, 0.2) is 0 Å². The Morgan fingerprint density at radius 3 is 2.79 bits per heavy atom. The number of hydrogen-bond acceptors (Lipinski definition) is 1. The van der Waals surface area contributed by atoms with Crippen molar-refractivity contribution in [2.75, 3.05) is 13.1 Å². The molecule has 0 radical (unpaired) electrons. The van der Waals surface area contributed by atoms with Crippen LogP contribution in [-0.4, -0.2) is 13.1 Å². The van der Waals surface area contributed by atoms with E-state index in [0.717, 1.165) is 18.4 Å². The molecule has 0 aromatic heterocycles. The first-order valence-electron chi connectivity index (χ1n) is 5.97. The minimum atomic E-state index is 0.865. The normalized spacial score (nSPS) is 26.7. The fourth-order valence-electron chi connectivity index (χ4n) is 2.39. The van der Waals surface area contributed by atoms with Crippen LogP contribution in [0.3, 0.4) is 0 Å². The molecule has 14 heavy (non-hydrogen) atoms. The predicted molar refractivity (Wildman–Crippen MR) is 62.1 cm³/mol. The summed E-state index contributed by atoms with van der Waals surface area (Å²) >= 11 is 0. The molecule has 0 amide bonds. The largest absolute Gasteiger partial charge is 0.306 e. The van der Waals surface area contributed by atoms with Gasteiger partial charge < -0.3 is 5.32 Å². The van der Waals surface area contributed by atoms with Gasteiger partial charge in [-0.3, -0.25) is 0 Å². The van der Waals surface area contributed by atoms with Crippen LogP contribution in [0.25, 0.3) is 0 Å². The zero-order chi connectivity index (χ0) is 10.2. The Morgan fingerprint density at radius 2 is 2.07 bits per heavy atom. The van der Waals surface area contributed by atoms with Crippen molar-refractivity contribution in [2.45, 2.75) is 46.0 Å². The van der Waals surface area contributed by atoms with Crippen molar-refractivity contribution in [1.82, 2.24) is 5.32 Å². The molecule has 0 aromatic carbocycles. The highest BCUT2D eigenvalue weighted by Gasteiger charge is 2.19. The Kier molecular flexibility index (Phi) is 5.71. The summed E-state index contributed by atoms with van der Waals surface area (Å²) in [4.78, 5) is 0. The molecule has 2 atom stereocenters. The van der Waals surface area contributed by atoms with Gasteiger partial charge in [-0.15, -0.1) is 5.92 Å². The molecule has 0 heterocycles. The molecule has 0 aromatic rings. The summed E-state index contributed by atoms with van der Waals surface area (Å²) in [5.41, 5.74) is 0. The topological polar surface area (TPSA) is 12.0 Å². The monoisotopic (exact) mass is 193 g/mol. The van der Waals surface area contributed by atoms with Crippen molar-refractivity contribution in [3.63, 3.8) is 0 Å². The SMILES string of the molecule is CC#CCNCC1CCCC(CC)C1. The van der Waals surface area contributed by atoms with Crippen molar-refractivity contribution in [1.29, 1.82) is 0 Å². The van der Waals surface area contributed by atoms with E-state index in [4.69, 9.17) is 0 Å². The molecule has 1 aliphatic rings. The van der Waals surface area contributed by atoms with Crippen LogP contribution in [0.4, 0.5) is 0 Å². The second-order valence-corrected chi connectivity index (χ2v) is 4.36. The van der Waals surface area contributed by atoms with Crippen LogP contribution >= 0.6 is 0 Å². The quantitative estimate of drug-likeness (QED) is 0.535. The molecule has 1 rings (SSSR count). The Morgan fingerprint density at radius 1 is 1.29 bits per heavy atom. The third-order valence-electron chi connectivity index (χ3n) is 3.29. The average molecular weight is 193 g/mol. The van der Waals surface area contributed by atoms with E-state index < -0.39 is 0 Å². The van der Waals surface area contributed by atoms with Crippen LogP contribution < -0.4 is 5.32 Å². The molecular formula is C13H23N. The fourth-order valence-corrected chi connectivity index (χ4v) is 2.39. The Hall–Kier alpha value is -0.480. The summed E-state index contributed by atoms with van der Waals surface area (Å²) in [6.45, 7) is 6.26. The Bertz CT molecular complexity index is 199. The van der Waals surface area contributed by atoms with Crippen molar-refractivity contribution in [3.8, 4) is 11.8 Å². The lowest BCUT2D eigenvalue weighted by molar-refractivity contribution is 0.256. The van der Waals surface area contributed by atoms with E-state index in [1.165, 1.54) is 38.6 Å². The van der Waals surface area contributed by atoms with Gasteiger partial charge in [-0.05, 0) is 38.1 Å². The molecule has 0 bridgehead atoms. The van der Waals surface area contributed by atoms with Gasteiger partial charge in [-0.2, -0.15) is 0 Å². The fraction of sp³-hybridized carbons (Fsp3) is 0.846. The van der Waals surface area contributed by atoms with E-state index in [-0.39, 0.29) is 0 Å². The van der Waals surface area contributed by atoms with Gasteiger partial charge in [0.2, 0.25) is 0 Å². The van der Waals surface area contributed by atoms with E-state index in [0.29, 0.717) is 0 Å². The van der Waals surface area contributed by atoms with Crippen molar-refractivity contribution < 1.29 is 0 Å². The van der Waals surface area contributed by atoms with E-state index in [1.54, 1.807) is 0 Å². The lowest BCUT2D eigenvalue weighted by Crippen LogP contribution is -2.27. The van der Waals surface area contributed by atoms with E-state index in [1.807, 2.05) is 6.92 Å². The number of hydrogen-bond donors (Lipinski definition) is 1. The third kappa shape index (κ3) is 4.15.